The lowest BCUT2D eigenvalue weighted by Crippen LogP contribution is -2.35. The van der Waals surface area contributed by atoms with Crippen molar-refractivity contribution in [3.05, 3.63) is 0 Å². The molecule has 2 aliphatic rings. The molecule has 2 aliphatic heterocycles. The Morgan fingerprint density at radius 1 is 0.944 bits per heavy atom. The number of carbonyl (C=O) groups is 2. The van der Waals surface area contributed by atoms with E-state index >= 15 is 0 Å². The molecule has 2 fully saturated rings. The molecule has 10 heteroatoms. The highest BCUT2D eigenvalue weighted by molar-refractivity contribution is 6.42. The Morgan fingerprint density at radius 2 is 1.28 bits per heavy atom. The van der Waals surface area contributed by atoms with Crippen LogP contribution in [0, 0.1) is 0 Å². The minimum absolute atomic E-state index is 0.120. The molecule has 0 aromatic rings. The zero-order valence-electron chi connectivity index (χ0n) is 9.22. The summed E-state index contributed by atoms with van der Waals surface area (Å²) >= 11 is 0. The van der Waals surface area contributed by atoms with Crippen molar-refractivity contribution < 1.29 is 20.0 Å². The third-order valence-corrected chi connectivity index (χ3v) is 2.81. The predicted molar refractivity (Wildman–Crippen MR) is 57.8 cm³/mol. The summed E-state index contributed by atoms with van der Waals surface area (Å²) < 4.78 is 0. The van der Waals surface area contributed by atoms with Crippen molar-refractivity contribution in [1.29, 1.82) is 0 Å². The molecule has 2 saturated heterocycles. The Hall–Kier alpha value is -2.52. The molecule has 18 heavy (non-hydrogen) atoms. The second-order valence-electron chi connectivity index (χ2n) is 3.99. The average Bonchev–Trinajstić information content (AvgIpc) is 3.15. The van der Waals surface area contributed by atoms with Crippen molar-refractivity contribution in [1.82, 2.24) is 9.80 Å². The summed E-state index contributed by atoms with van der Waals surface area (Å²) in [5, 5.41) is 23.7. The van der Waals surface area contributed by atoms with E-state index in [9.17, 15) is 9.59 Å². The number of nitrogens with two attached hydrogens (primary N) is 2. The minimum atomic E-state index is -0.598. The molecule has 2 heterocycles. The molecule has 2 atom stereocenters. The first-order valence-electron chi connectivity index (χ1n) is 5.07. The van der Waals surface area contributed by atoms with Gasteiger partial charge in [-0.2, -0.15) is 0 Å². The van der Waals surface area contributed by atoms with Gasteiger partial charge in [-0.15, -0.1) is 0 Å². The molecule has 0 bridgehead atoms. The fourth-order valence-electron chi connectivity index (χ4n) is 1.69. The standard InChI is InChI=1S/C8H12N6O4/c9-5(15)3-1-13(3)7(11-17)8(12-18)14-2-4(14)6(10)16/h3-4,17-18H,1-2H2,(H2,9,15)(H2,10,16)/b11-7-,12-8+. The van der Waals surface area contributed by atoms with Crippen LogP contribution in [0.3, 0.4) is 0 Å². The van der Waals surface area contributed by atoms with Gasteiger partial charge in [0.15, 0.2) is 0 Å². The van der Waals surface area contributed by atoms with Crippen LogP contribution in [-0.4, -0.2) is 68.9 Å². The van der Waals surface area contributed by atoms with Crippen molar-refractivity contribution in [3.8, 4) is 0 Å². The SMILES string of the molecule is NC(=O)C1CN1C(=N\O)/C(=N\O)N1CC1C(N)=O. The van der Waals surface area contributed by atoms with Gasteiger partial charge in [0, 0.05) is 13.1 Å². The van der Waals surface area contributed by atoms with Crippen LogP contribution in [0.25, 0.3) is 0 Å². The summed E-state index contributed by atoms with van der Waals surface area (Å²) in [7, 11) is 0. The van der Waals surface area contributed by atoms with E-state index in [4.69, 9.17) is 21.9 Å². The van der Waals surface area contributed by atoms with Crippen molar-refractivity contribution in [2.45, 2.75) is 12.1 Å². The number of hydrogen-bond acceptors (Lipinski definition) is 6. The zero-order valence-corrected chi connectivity index (χ0v) is 9.22. The van der Waals surface area contributed by atoms with Gasteiger partial charge in [-0.05, 0) is 0 Å². The van der Waals surface area contributed by atoms with E-state index in [0.29, 0.717) is 0 Å². The van der Waals surface area contributed by atoms with Crippen molar-refractivity contribution in [2.75, 3.05) is 13.1 Å². The molecule has 0 spiro atoms. The maximum Gasteiger partial charge on any atom is 0.242 e. The van der Waals surface area contributed by atoms with Gasteiger partial charge < -0.3 is 31.7 Å². The first kappa shape index (κ1) is 12.0. The molecular weight excluding hydrogens is 244 g/mol. The average molecular weight is 256 g/mol. The highest BCUT2D eigenvalue weighted by atomic mass is 16.4. The molecule has 10 nitrogen and oxygen atoms in total. The molecule has 0 aliphatic carbocycles. The topological polar surface area (TPSA) is 157 Å². The summed E-state index contributed by atoms with van der Waals surface area (Å²) in [5.74, 6) is -1.40. The van der Waals surface area contributed by atoms with Crippen molar-refractivity contribution in [2.24, 2.45) is 21.8 Å². The van der Waals surface area contributed by atoms with Gasteiger partial charge in [0.05, 0.1) is 0 Å². The van der Waals surface area contributed by atoms with E-state index in [1.165, 1.54) is 9.80 Å². The number of nitrogens with zero attached hydrogens (tertiary/aromatic N) is 4. The fraction of sp³-hybridized carbons (Fsp3) is 0.500. The molecule has 2 amide bonds. The van der Waals surface area contributed by atoms with E-state index in [1.807, 2.05) is 0 Å². The van der Waals surface area contributed by atoms with Gasteiger partial charge >= 0.3 is 0 Å². The van der Waals surface area contributed by atoms with Crippen LogP contribution in [0.1, 0.15) is 0 Å². The van der Waals surface area contributed by atoms with Crippen LogP contribution < -0.4 is 11.5 Å². The Balaban J connectivity index is 2.09. The highest BCUT2D eigenvalue weighted by Gasteiger charge is 2.50. The van der Waals surface area contributed by atoms with Crippen LogP contribution in [0.2, 0.25) is 0 Å². The van der Waals surface area contributed by atoms with Crippen molar-refractivity contribution in [3.63, 3.8) is 0 Å². The summed E-state index contributed by atoms with van der Waals surface area (Å²) in [6, 6.07) is -1.20. The summed E-state index contributed by atoms with van der Waals surface area (Å²) in [5.41, 5.74) is 10.2. The van der Waals surface area contributed by atoms with Gasteiger partial charge in [-0.3, -0.25) is 9.59 Å². The monoisotopic (exact) mass is 256 g/mol. The van der Waals surface area contributed by atoms with Gasteiger partial charge in [-0.25, -0.2) is 0 Å². The van der Waals surface area contributed by atoms with Crippen LogP contribution in [0.15, 0.2) is 10.3 Å². The number of carbonyl (C=O) groups excluding carboxylic acids is 2. The third kappa shape index (κ3) is 1.87. The maximum atomic E-state index is 10.9. The second kappa shape index (κ2) is 4.05. The molecule has 2 rings (SSSR count). The molecule has 2 unspecified atom stereocenters. The molecule has 0 aromatic heterocycles. The lowest BCUT2D eigenvalue weighted by molar-refractivity contribution is -0.118. The number of amides is 2. The smallest absolute Gasteiger partial charge is 0.242 e. The number of oxime groups is 2. The van der Waals surface area contributed by atoms with E-state index in [2.05, 4.69) is 10.3 Å². The molecule has 0 saturated carbocycles. The first-order chi connectivity index (χ1) is 8.51. The summed E-state index contributed by atoms with van der Waals surface area (Å²) in [6.07, 6.45) is 0. The zero-order chi connectivity index (χ0) is 13.4. The Bertz CT molecular complexity index is 419. The molecule has 0 aromatic carbocycles. The molecule has 98 valence electrons. The van der Waals surface area contributed by atoms with E-state index in [1.54, 1.807) is 0 Å². The van der Waals surface area contributed by atoms with E-state index < -0.39 is 23.9 Å². The fourth-order valence-corrected chi connectivity index (χ4v) is 1.69. The predicted octanol–water partition coefficient (Wildman–Crippen LogP) is -3.10. The van der Waals surface area contributed by atoms with Crippen LogP contribution in [0.5, 0.6) is 0 Å². The quantitative estimate of drug-likeness (QED) is 0.135. The normalized spacial score (nSPS) is 27.1. The van der Waals surface area contributed by atoms with Crippen LogP contribution >= 0.6 is 0 Å². The minimum Gasteiger partial charge on any atom is -0.409 e. The van der Waals surface area contributed by atoms with Gasteiger partial charge in [-0.1, -0.05) is 10.3 Å². The highest BCUT2D eigenvalue weighted by Crippen LogP contribution is 2.24. The second-order valence-corrected chi connectivity index (χ2v) is 3.99. The molecule has 6 N–H and O–H groups in total. The number of hydrogen-bond donors (Lipinski definition) is 4. The van der Waals surface area contributed by atoms with E-state index in [-0.39, 0.29) is 24.8 Å². The van der Waals surface area contributed by atoms with Gasteiger partial charge in [0.2, 0.25) is 23.5 Å². The number of primary amides is 2. The Labute approximate surface area is 101 Å². The summed E-state index contributed by atoms with van der Waals surface area (Å²) in [6.45, 7) is 0.533. The Kier molecular flexibility index (Phi) is 2.69. The molecular formula is C8H12N6O4. The van der Waals surface area contributed by atoms with Crippen molar-refractivity contribution >= 4 is 23.5 Å². The van der Waals surface area contributed by atoms with E-state index in [0.717, 1.165) is 0 Å². The molecule has 0 radical (unpaired) electrons. The maximum absolute atomic E-state index is 10.9. The first-order valence-corrected chi connectivity index (χ1v) is 5.07. The van der Waals surface area contributed by atoms with Gasteiger partial charge in [0.25, 0.3) is 0 Å². The number of amidine groups is 2. The van der Waals surface area contributed by atoms with Crippen LogP contribution in [-0.2, 0) is 9.59 Å². The Morgan fingerprint density at radius 3 is 1.44 bits per heavy atom. The number of rotatable bonds is 2. The van der Waals surface area contributed by atoms with Crippen LogP contribution in [0.4, 0.5) is 0 Å². The lowest BCUT2D eigenvalue weighted by Gasteiger charge is -2.10. The third-order valence-electron chi connectivity index (χ3n) is 2.81. The largest absolute Gasteiger partial charge is 0.409 e. The van der Waals surface area contributed by atoms with Gasteiger partial charge in [0.1, 0.15) is 12.1 Å². The lowest BCUT2D eigenvalue weighted by atomic mass is 10.4. The summed E-state index contributed by atoms with van der Waals surface area (Å²) in [4.78, 5) is 24.5.